The second-order valence-electron chi connectivity index (χ2n) is 5.39. The van der Waals surface area contributed by atoms with E-state index < -0.39 is 12.0 Å². The zero-order valence-corrected chi connectivity index (χ0v) is 12.1. The lowest BCUT2D eigenvalue weighted by Gasteiger charge is -2.35. The van der Waals surface area contributed by atoms with E-state index in [2.05, 4.69) is 5.32 Å². The summed E-state index contributed by atoms with van der Waals surface area (Å²) in [6.07, 6.45) is 1.96. The highest BCUT2D eigenvalue weighted by Crippen LogP contribution is 2.37. The van der Waals surface area contributed by atoms with Crippen molar-refractivity contribution >= 4 is 12.0 Å². The Morgan fingerprint density at radius 1 is 1.29 bits per heavy atom. The van der Waals surface area contributed by atoms with Crippen molar-refractivity contribution in [3.8, 4) is 0 Å². The number of hydrogen-bond acceptors (Lipinski definition) is 3. The Morgan fingerprint density at radius 2 is 1.95 bits per heavy atom. The average Bonchev–Trinajstić information content (AvgIpc) is 3.31. The zero-order chi connectivity index (χ0) is 15.0. The van der Waals surface area contributed by atoms with Crippen molar-refractivity contribution in [1.29, 1.82) is 0 Å². The summed E-state index contributed by atoms with van der Waals surface area (Å²) in [4.78, 5) is 26.2. The van der Waals surface area contributed by atoms with E-state index in [1.54, 1.807) is 4.90 Å². The SMILES string of the molecule is COC(=O)C1=C(C)N(C2CC2)C(=O)N[C@@H]1c1ccccc1. The predicted octanol–water partition coefficient (Wildman–Crippen LogP) is 2.36. The molecule has 0 radical (unpaired) electrons. The Bertz CT molecular complexity index is 605. The first-order chi connectivity index (χ1) is 10.1. The molecule has 5 heteroatoms. The lowest BCUT2D eigenvalue weighted by atomic mass is 9.95. The number of nitrogens with zero attached hydrogens (tertiary/aromatic N) is 1. The Labute approximate surface area is 123 Å². The molecule has 0 saturated heterocycles. The number of esters is 1. The molecule has 0 aromatic heterocycles. The molecule has 1 atom stereocenters. The Hall–Kier alpha value is -2.30. The normalized spacial score (nSPS) is 22.1. The fourth-order valence-corrected chi connectivity index (χ4v) is 2.80. The first-order valence-electron chi connectivity index (χ1n) is 7.07. The fourth-order valence-electron chi connectivity index (χ4n) is 2.80. The predicted molar refractivity (Wildman–Crippen MR) is 77.3 cm³/mol. The van der Waals surface area contributed by atoms with Gasteiger partial charge < -0.3 is 10.1 Å². The monoisotopic (exact) mass is 286 g/mol. The van der Waals surface area contributed by atoms with Crippen molar-refractivity contribution in [2.45, 2.75) is 31.8 Å². The third-order valence-corrected chi connectivity index (χ3v) is 3.98. The van der Waals surface area contributed by atoms with Gasteiger partial charge in [0.05, 0.1) is 18.7 Å². The van der Waals surface area contributed by atoms with Crippen LogP contribution in [0.4, 0.5) is 4.79 Å². The van der Waals surface area contributed by atoms with Gasteiger partial charge in [-0.05, 0) is 25.3 Å². The van der Waals surface area contributed by atoms with Gasteiger partial charge in [-0.3, -0.25) is 4.90 Å². The lowest BCUT2D eigenvalue weighted by molar-refractivity contribution is -0.136. The molecule has 1 saturated carbocycles. The van der Waals surface area contributed by atoms with E-state index in [-0.39, 0.29) is 12.1 Å². The molecule has 1 fully saturated rings. The molecule has 5 nitrogen and oxygen atoms in total. The maximum atomic E-state index is 12.4. The number of nitrogens with one attached hydrogen (secondary N) is 1. The first kappa shape index (κ1) is 13.7. The number of ether oxygens (including phenoxy) is 1. The summed E-state index contributed by atoms with van der Waals surface area (Å²) in [6, 6.07) is 9.08. The van der Waals surface area contributed by atoms with Gasteiger partial charge in [0.1, 0.15) is 0 Å². The van der Waals surface area contributed by atoms with Crippen LogP contribution in [0.1, 0.15) is 31.4 Å². The van der Waals surface area contributed by atoms with Gasteiger partial charge >= 0.3 is 12.0 Å². The number of rotatable bonds is 3. The first-order valence-corrected chi connectivity index (χ1v) is 7.07. The maximum Gasteiger partial charge on any atom is 0.337 e. The number of urea groups is 1. The van der Waals surface area contributed by atoms with Gasteiger partial charge in [0, 0.05) is 11.7 Å². The zero-order valence-electron chi connectivity index (χ0n) is 12.1. The van der Waals surface area contributed by atoms with E-state index in [1.165, 1.54) is 7.11 Å². The third-order valence-electron chi connectivity index (χ3n) is 3.98. The lowest BCUT2D eigenvalue weighted by Crippen LogP contribution is -2.48. The van der Waals surface area contributed by atoms with Gasteiger partial charge in [-0.15, -0.1) is 0 Å². The van der Waals surface area contributed by atoms with Crippen LogP contribution in [-0.4, -0.2) is 30.1 Å². The Kier molecular flexibility index (Phi) is 3.41. The summed E-state index contributed by atoms with van der Waals surface area (Å²) < 4.78 is 4.92. The summed E-state index contributed by atoms with van der Waals surface area (Å²) in [5, 5.41) is 2.93. The Balaban J connectivity index is 2.07. The smallest absolute Gasteiger partial charge is 0.337 e. The number of amides is 2. The molecule has 1 N–H and O–H groups in total. The van der Waals surface area contributed by atoms with Crippen molar-refractivity contribution < 1.29 is 14.3 Å². The van der Waals surface area contributed by atoms with E-state index in [1.807, 2.05) is 37.3 Å². The number of benzene rings is 1. The molecule has 1 aromatic carbocycles. The second kappa shape index (κ2) is 5.24. The van der Waals surface area contributed by atoms with Crippen molar-refractivity contribution in [3.05, 3.63) is 47.2 Å². The van der Waals surface area contributed by atoms with Crippen molar-refractivity contribution in [1.82, 2.24) is 10.2 Å². The largest absolute Gasteiger partial charge is 0.466 e. The van der Waals surface area contributed by atoms with E-state index in [0.717, 1.165) is 18.4 Å². The van der Waals surface area contributed by atoms with Gasteiger partial charge in [0.2, 0.25) is 0 Å². The summed E-state index contributed by atoms with van der Waals surface area (Å²) >= 11 is 0. The highest BCUT2D eigenvalue weighted by molar-refractivity contribution is 5.95. The third kappa shape index (κ3) is 2.39. The summed E-state index contributed by atoms with van der Waals surface area (Å²) in [6.45, 7) is 1.82. The van der Waals surface area contributed by atoms with Crippen molar-refractivity contribution in [2.75, 3.05) is 7.11 Å². The van der Waals surface area contributed by atoms with Crippen LogP contribution in [0.5, 0.6) is 0 Å². The minimum Gasteiger partial charge on any atom is -0.466 e. The van der Waals surface area contributed by atoms with E-state index >= 15 is 0 Å². The molecule has 1 aliphatic heterocycles. The van der Waals surface area contributed by atoms with Crippen LogP contribution < -0.4 is 5.32 Å². The van der Waals surface area contributed by atoms with Gasteiger partial charge in [-0.2, -0.15) is 0 Å². The molecular formula is C16H18N2O3. The summed E-state index contributed by atoms with van der Waals surface area (Å²) in [7, 11) is 1.36. The van der Waals surface area contributed by atoms with Crippen LogP contribution in [0.3, 0.4) is 0 Å². The molecule has 0 bridgehead atoms. The number of allylic oxidation sites excluding steroid dienone is 1. The molecule has 3 rings (SSSR count). The van der Waals surface area contributed by atoms with Crippen molar-refractivity contribution in [2.24, 2.45) is 0 Å². The van der Waals surface area contributed by atoms with Gasteiger partial charge in [-0.25, -0.2) is 9.59 Å². The van der Waals surface area contributed by atoms with E-state index in [4.69, 9.17) is 4.74 Å². The van der Waals surface area contributed by atoms with Gasteiger partial charge in [-0.1, -0.05) is 30.3 Å². The van der Waals surface area contributed by atoms with Crippen LogP contribution in [-0.2, 0) is 9.53 Å². The molecule has 1 aliphatic carbocycles. The molecule has 2 aliphatic rings. The van der Waals surface area contributed by atoms with Crippen LogP contribution in [0.25, 0.3) is 0 Å². The van der Waals surface area contributed by atoms with Gasteiger partial charge in [0.25, 0.3) is 0 Å². The average molecular weight is 286 g/mol. The number of carbonyl (C=O) groups excluding carboxylic acids is 2. The quantitative estimate of drug-likeness (QED) is 0.868. The topological polar surface area (TPSA) is 58.6 Å². The highest BCUT2D eigenvalue weighted by Gasteiger charge is 2.42. The highest BCUT2D eigenvalue weighted by atomic mass is 16.5. The van der Waals surface area contributed by atoms with Crippen LogP contribution in [0.15, 0.2) is 41.6 Å². The molecule has 1 heterocycles. The fraction of sp³-hybridized carbons (Fsp3) is 0.375. The molecule has 0 unspecified atom stereocenters. The Morgan fingerprint density at radius 3 is 2.52 bits per heavy atom. The van der Waals surface area contributed by atoms with E-state index in [9.17, 15) is 9.59 Å². The molecule has 2 amide bonds. The number of hydrogen-bond donors (Lipinski definition) is 1. The molecule has 1 aromatic rings. The standard InChI is InChI=1S/C16H18N2O3/c1-10-13(15(19)21-2)14(11-6-4-3-5-7-11)17-16(20)18(10)12-8-9-12/h3-7,12,14H,8-9H2,1-2H3,(H,17,20)/t14-/m1/s1. The maximum absolute atomic E-state index is 12.4. The van der Waals surface area contributed by atoms with Crippen LogP contribution in [0.2, 0.25) is 0 Å². The van der Waals surface area contributed by atoms with Gasteiger partial charge in [0.15, 0.2) is 0 Å². The van der Waals surface area contributed by atoms with E-state index in [0.29, 0.717) is 11.3 Å². The molecule has 110 valence electrons. The second-order valence-corrected chi connectivity index (χ2v) is 5.39. The number of carbonyl (C=O) groups is 2. The minimum atomic E-state index is -0.457. The minimum absolute atomic E-state index is 0.142. The molecule has 0 spiro atoms. The molecular weight excluding hydrogens is 268 g/mol. The summed E-state index contributed by atoms with van der Waals surface area (Å²) in [5.41, 5.74) is 2.08. The van der Waals surface area contributed by atoms with Crippen molar-refractivity contribution in [3.63, 3.8) is 0 Å². The molecule has 21 heavy (non-hydrogen) atoms. The number of methoxy groups -OCH3 is 1. The summed E-state index contributed by atoms with van der Waals surface area (Å²) in [5.74, 6) is -0.396. The van der Waals surface area contributed by atoms with Crippen LogP contribution in [0, 0.1) is 0 Å². The van der Waals surface area contributed by atoms with Crippen LogP contribution >= 0.6 is 0 Å².